The van der Waals surface area contributed by atoms with Gasteiger partial charge in [0, 0.05) is 45.1 Å². The molecule has 1 saturated heterocycles. The van der Waals surface area contributed by atoms with Gasteiger partial charge in [0.1, 0.15) is 0 Å². The maximum atomic E-state index is 11.3. The second kappa shape index (κ2) is 4.04. The number of fused-ring (bicyclic) bond motifs is 3. The van der Waals surface area contributed by atoms with Gasteiger partial charge in [-0.05, 0) is 18.1 Å². The van der Waals surface area contributed by atoms with Crippen LogP contribution in [0.4, 0.5) is 16.2 Å². The Balaban J connectivity index is 1.89. The van der Waals surface area contributed by atoms with Gasteiger partial charge in [0.25, 0.3) is 0 Å². The second-order valence-electron chi connectivity index (χ2n) is 5.56. The minimum absolute atomic E-state index is 0.137. The number of likely N-dealkylation sites (N-methyl/N-ethyl adjacent to an activating group) is 1. The summed E-state index contributed by atoms with van der Waals surface area (Å²) in [7, 11) is 1.57. The largest absolute Gasteiger partial charge is 0.465 e. The quantitative estimate of drug-likeness (QED) is 0.785. The molecule has 0 bridgehead atoms. The van der Waals surface area contributed by atoms with Crippen LogP contribution in [0.1, 0.15) is 23.4 Å². The maximum Gasteiger partial charge on any atom is 0.407 e. The average Bonchev–Trinajstić information content (AvgIpc) is 2.87. The summed E-state index contributed by atoms with van der Waals surface area (Å²) in [6.45, 7) is -3.73. The number of rotatable bonds is 0. The second-order valence-corrected chi connectivity index (χ2v) is 5.56. The zero-order valence-corrected chi connectivity index (χ0v) is 11.2. The van der Waals surface area contributed by atoms with E-state index in [1.165, 1.54) is 9.80 Å². The molecule has 3 aliphatic heterocycles. The highest BCUT2D eigenvalue weighted by Crippen LogP contribution is 2.50. The fourth-order valence-corrected chi connectivity index (χ4v) is 3.60. The van der Waals surface area contributed by atoms with Crippen LogP contribution in [0, 0.1) is 0 Å². The molecule has 106 valence electrons. The lowest BCUT2D eigenvalue weighted by Crippen LogP contribution is -2.50. The third-order valence-electron chi connectivity index (χ3n) is 4.56. The minimum atomic E-state index is -2.20. The van der Waals surface area contributed by atoms with E-state index in [0.29, 0.717) is 30.9 Å². The first kappa shape index (κ1) is 8.39. The SMILES string of the molecule is [2H]C1([2H])N(C)c2cccc3c2N(C2CCN(C(=O)O)CC32)C1([2H])[2H]. The standard InChI is InChI=1S/C15H19N3O2/c1-16-7-8-18-12-5-6-17(15(19)20)9-11(12)10-3-2-4-13(16)14(10)18/h2-4,11-12H,5-9H2,1H3,(H,19,20)/i7D2,8D2. The topological polar surface area (TPSA) is 47.0 Å². The van der Waals surface area contributed by atoms with E-state index in [0.717, 1.165) is 5.56 Å². The number of nitrogens with zero attached hydrogens (tertiary/aromatic N) is 3. The summed E-state index contributed by atoms with van der Waals surface area (Å²) in [6, 6.07) is 5.32. The summed E-state index contributed by atoms with van der Waals surface area (Å²) in [5.41, 5.74) is 2.28. The van der Waals surface area contributed by atoms with Crippen molar-refractivity contribution < 1.29 is 15.4 Å². The normalized spacial score (nSPS) is 35.4. The van der Waals surface area contributed by atoms with Gasteiger partial charge in [-0.25, -0.2) is 4.79 Å². The Bertz CT molecular complexity index is 727. The number of para-hydroxylation sites is 1. The van der Waals surface area contributed by atoms with Crippen LogP contribution in [-0.2, 0) is 0 Å². The fraction of sp³-hybridized carbons (Fsp3) is 0.533. The maximum absolute atomic E-state index is 11.3. The van der Waals surface area contributed by atoms with E-state index in [1.807, 2.05) is 12.1 Å². The molecule has 5 nitrogen and oxygen atoms in total. The number of hydrogen-bond acceptors (Lipinski definition) is 3. The molecule has 4 rings (SSSR count). The highest BCUT2D eigenvalue weighted by molar-refractivity contribution is 5.81. The summed E-state index contributed by atoms with van der Waals surface area (Å²) in [5.74, 6) is -0.137. The van der Waals surface area contributed by atoms with Crippen molar-refractivity contribution in [3.63, 3.8) is 0 Å². The van der Waals surface area contributed by atoms with Crippen molar-refractivity contribution in [2.24, 2.45) is 0 Å². The predicted molar refractivity (Wildman–Crippen MR) is 77.8 cm³/mol. The van der Waals surface area contributed by atoms with Crippen molar-refractivity contribution in [1.82, 2.24) is 4.90 Å². The van der Waals surface area contributed by atoms with Crippen molar-refractivity contribution in [2.75, 3.05) is 42.9 Å². The molecule has 0 aliphatic carbocycles. The van der Waals surface area contributed by atoms with Gasteiger partial charge in [-0.2, -0.15) is 0 Å². The first-order valence-electron chi connectivity index (χ1n) is 8.82. The third kappa shape index (κ3) is 1.46. The van der Waals surface area contributed by atoms with Crippen molar-refractivity contribution in [3.8, 4) is 0 Å². The molecule has 2 unspecified atom stereocenters. The number of amides is 1. The van der Waals surface area contributed by atoms with E-state index in [1.54, 1.807) is 18.0 Å². The summed E-state index contributed by atoms with van der Waals surface area (Å²) >= 11 is 0. The highest BCUT2D eigenvalue weighted by Gasteiger charge is 2.45. The Labute approximate surface area is 124 Å². The van der Waals surface area contributed by atoms with E-state index in [-0.39, 0.29) is 12.0 Å². The molecule has 3 aliphatic rings. The smallest absolute Gasteiger partial charge is 0.407 e. The van der Waals surface area contributed by atoms with Crippen LogP contribution < -0.4 is 9.80 Å². The zero-order chi connectivity index (χ0) is 17.4. The van der Waals surface area contributed by atoms with Gasteiger partial charge in [0.15, 0.2) is 0 Å². The predicted octanol–water partition coefficient (Wildman–Crippen LogP) is 1.79. The van der Waals surface area contributed by atoms with Crippen molar-refractivity contribution in [2.45, 2.75) is 18.4 Å². The molecule has 0 spiro atoms. The minimum Gasteiger partial charge on any atom is -0.465 e. The van der Waals surface area contributed by atoms with Gasteiger partial charge in [-0.1, -0.05) is 12.1 Å². The van der Waals surface area contributed by atoms with Crippen LogP contribution >= 0.6 is 0 Å². The molecule has 1 amide bonds. The lowest BCUT2D eigenvalue weighted by molar-refractivity contribution is 0.127. The Kier molecular flexibility index (Phi) is 1.70. The van der Waals surface area contributed by atoms with Crippen LogP contribution in [0.2, 0.25) is 0 Å². The molecule has 0 aromatic heterocycles. The molecule has 1 aromatic rings. The van der Waals surface area contributed by atoms with E-state index < -0.39 is 19.1 Å². The summed E-state index contributed by atoms with van der Waals surface area (Å²) in [6.07, 6.45) is -0.473. The number of hydrogen-bond donors (Lipinski definition) is 1. The number of carboxylic acid groups (broad SMARTS) is 1. The molecule has 3 heterocycles. The molecule has 20 heavy (non-hydrogen) atoms. The van der Waals surface area contributed by atoms with Gasteiger partial charge >= 0.3 is 6.09 Å². The Morgan fingerprint density at radius 1 is 1.45 bits per heavy atom. The van der Waals surface area contributed by atoms with E-state index >= 15 is 0 Å². The average molecular weight is 277 g/mol. The van der Waals surface area contributed by atoms with Gasteiger partial charge in [0.2, 0.25) is 0 Å². The molecule has 1 N–H and O–H groups in total. The van der Waals surface area contributed by atoms with Crippen LogP contribution in [0.25, 0.3) is 0 Å². The number of anilines is 2. The van der Waals surface area contributed by atoms with Gasteiger partial charge in [0.05, 0.1) is 16.9 Å². The molecule has 1 fully saturated rings. The monoisotopic (exact) mass is 277 g/mol. The molecule has 1 aromatic carbocycles. The van der Waals surface area contributed by atoms with Crippen molar-refractivity contribution >= 4 is 17.5 Å². The van der Waals surface area contributed by atoms with E-state index in [2.05, 4.69) is 0 Å². The summed E-state index contributed by atoms with van der Waals surface area (Å²) in [4.78, 5) is 15.6. The molecular weight excluding hydrogens is 254 g/mol. The molecular formula is C15H19N3O2. The van der Waals surface area contributed by atoms with Crippen LogP contribution in [0.3, 0.4) is 0 Å². The van der Waals surface area contributed by atoms with Crippen LogP contribution in [-0.4, -0.2) is 55.3 Å². The Hall–Kier alpha value is -1.91. The summed E-state index contributed by atoms with van der Waals surface area (Å²) in [5, 5.41) is 9.29. The molecule has 0 saturated carbocycles. The molecule has 0 radical (unpaired) electrons. The Morgan fingerprint density at radius 3 is 3.10 bits per heavy atom. The zero-order valence-electron chi connectivity index (χ0n) is 15.2. The van der Waals surface area contributed by atoms with Gasteiger partial charge in [-0.3, -0.25) is 0 Å². The van der Waals surface area contributed by atoms with Gasteiger partial charge < -0.3 is 19.8 Å². The van der Waals surface area contributed by atoms with Crippen molar-refractivity contribution in [3.05, 3.63) is 23.8 Å². The lowest BCUT2D eigenvalue weighted by Gasteiger charge is -2.41. The number of likely N-dealkylation sites (tertiary alicyclic amines) is 1. The number of piperidine rings is 1. The van der Waals surface area contributed by atoms with E-state index in [9.17, 15) is 9.90 Å². The lowest BCUT2D eigenvalue weighted by atomic mass is 9.89. The number of carbonyl (C=O) groups is 1. The molecule has 2 atom stereocenters. The Morgan fingerprint density at radius 2 is 2.30 bits per heavy atom. The van der Waals surface area contributed by atoms with Gasteiger partial charge in [-0.15, -0.1) is 0 Å². The first-order chi connectivity index (χ1) is 11.2. The first-order valence-corrected chi connectivity index (χ1v) is 6.82. The van der Waals surface area contributed by atoms with Crippen LogP contribution in [0.15, 0.2) is 18.2 Å². The van der Waals surface area contributed by atoms with E-state index in [4.69, 9.17) is 5.48 Å². The number of benzene rings is 1. The highest BCUT2D eigenvalue weighted by atomic mass is 16.4. The van der Waals surface area contributed by atoms with Crippen LogP contribution in [0.5, 0.6) is 0 Å². The molecule has 5 heteroatoms. The summed E-state index contributed by atoms with van der Waals surface area (Å²) < 4.78 is 33.6. The third-order valence-corrected chi connectivity index (χ3v) is 4.56. The fourth-order valence-electron chi connectivity index (χ4n) is 3.60. The van der Waals surface area contributed by atoms with Crippen molar-refractivity contribution in [1.29, 1.82) is 0 Å².